The number of alkyl halides is 5. The number of hydrogen-bond donors (Lipinski definition) is 2. The van der Waals surface area contributed by atoms with Crippen molar-refractivity contribution in [2.24, 2.45) is 34.5 Å². The molecular weight excluding hydrogens is 395 g/mol. The van der Waals surface area contributed by atoms with E-state index >= 15 is 0 Å². The van der Waals surface area contributed by atoms with Gasteiger partial charge in [0.1, 0.15) is 0 Å². The highest BCUT2D eigenvalue weighted by Gasteiger charge is 2.72. The molecule has 0 bridgehead atoms. The fourth-order valence-electron chi connectivity index (χ4n) is 7.47. The van der Waals surface area contributed by atoms with Gasteiger partial charge in [-0.2, -0.15) is 22.0 Å². The van der Waals surface area contributed by atoms with Crippen LogP contribution in [0.4, 0.5) is 22.0 Å². The second kappa shape index (κ2) is 6.02. The highest BCUT2D eigenvalue weighted by Crippen LogP contribution is 2.70. The van der Waals surface area contributed by atoms with Crippen LogP contribution < -0.4 is 0 Å². The molecule has 2 N–H and O–H groups in total. The molecule has 0 spiro atoms. The van der Waals surface area contributed by atoms with Crippen molar-refractivity contribution in [3.8, 4) is 0 Å². The summed E-state index contributed by atoms with van der Waals surface area (Å²) in [6.45, 7) is 3.27. The average molecular weight is 422 g/mol. The molecule has 6 atom stereocenters. The van der Waals surface area contributed by atoms with E-state index in [9.17, 15) is 37.0 Å². The van der Waals surface area contributed by atoms with Crippen LogP contribution in [0.2, 0.25) is 0 Å². The Kier molecular flexibility index (Phi) is 4.41. The Bertz CT molecular complexity index is 758. The lowest BCUT2D eigenvalue weighted by atomic mass is 9.45. The van der Waals surface area contributed by atoms with Gasteiger partial charge < -0.3 is 10.2 Å². The summed E-state index contributed by atoms with van der Waals surface area (Å²) in [5.74, 6) is -9.84. The van der Waals surface area contributed by atoms with E-state index in [1.54, 1.807) is 13.8 Å². The third kappa shape index (κ3) is 2.63. The van der Waals surface area contributed by atoms with E-state index in [2.05, 4.69) is 0 Å². The van der Waals surface area contributed by atoms with Gasteiger partial charge in [-0.1, -0.05) is 19.4 Å². The third-order valence-corrected chi connectivity index (χ3v) is 9.00. The number of hydrogen-bond acceptors (Lipinski definition) is 3. The highest BCUT2D eigenvalue weighted by molar-refractivity contribution is 5.92. The molecule has 0 aliphatic heterocycles. The average Bonchev–Trinajstić information content (AvgIpc) is 2.92. The van der Waals surface area contributed by atoms with Crippen molar-refractivity contribution < 1.29 is 37.0 Å². The molecule has 4 aliphatic carbocycles. The molecule has 3 nitrogen and oxygen atoms in total. The van der Waals surface area contributed by atoms with Crippen LogP contribution in [0.3, 0.4) is 0 Å². The first kappa shape index (κ1) is 21.2. The van der Waals surface area contributed by atoms with Gasteiger partial charge in [-0.3, -0.25) is 4.79 Å². The molecule has 164 valence electrons. The summed E-state index contributed by atoms with van der Waals surface area (Å²) in [6.07, 6.45) is -2.90. The number of carbonyl (C=O) groups is 1. The van der Waals surface area contributed by atoms with Gasteiger partial charge in [-0.25, -0.2) is 0 Å². The van der Waals surface area contributed by atoms with Crippen molar-refractivity contribution in [2.75, 3.05) is 0 Å². The van der Waals surface area contributed by atoms with Crippen molar-refractivity contribution in [1.29, 1.82) is 0 Å². The fraction of sp³-hybridized carbons (Fsp3) is 0.857. The van der Waals surface area contributed by atoms with Crippen molar-refractivity contribution in [2.45, 2.75) is 76.7 Å². The van der Waals surface area contributed by atoms with E-state index in [-0.39, 0.29) is 42.8 Å². The summed E-state index contributed by atoms with van der Waals surface area (Å²) in [5, 5.41) is 21.5. The zero-order valence-electron chi connectivity index (χ0n) is 16.5. The normalized spacial score (nSPS) is 44.6. The standard InChI is InChI=1S/C21H27F5O3/c1-17-8-7-15-13(14(17)5-6-16(17)20(22,23)21(24,25)26)4-3-11-9-12(27)10-19(28,29)18(11,15)2/h9,13-16,28-29H,3-8,10H2,1-2H3/t13-,14-,15-,16+,17-,18-/m0/s1. The summed E-state index contributed by atoms with van der Waals surface area (Å²) in [4.78, 5) is 11.9. The van der Waals surface area contributed by atoms with Gasteiger partial charge in [0.05, 0.1) is 6.42 Å². The second-order valence-electron chi connectivity index (χ2n) is 10.0. The molecule has 3 fully saturated rings. The Morgan fingerprint density at radius 2 is 1.66 bits per heavy atom. The van der Waals surface area contributed by atoms with E-state index in [0.29, 0.717) is 24.8 Å². The van der Waals surface area contributed by atoms with Crippen LogP contribution >= 0.6 is 0 Å². The number of carbonyl (C=O) groups excluding carboxylic acids is 1. The number of ketones is 1. The first-order chi connectivity index (χ1) is 13.2. The Morgan fingerprint density at radius 1 is 1.00 bits per heavy atom. The molecule has 3 saturated carbocycles. The molecule has 0 heterocycles. The molecule has 8 heteroatoms. The van der Waals surface area contributed by atoms with Gasteiger partial charge in [0.2, 0.25) is 0 Å². The maximum atomic E-state index is 14.3. The van der Waals surface area contributed by atoms with Gasteiger partial charge in [0.15, 0.2) is 11.6 Å². The largest absolute Gasteiger partial charge is 0.453 e. The molecule has 0 unspecified atom stereocenters. The molecule has 0 saturated heterocycles. The van der Waals surface area contributed by atoms with Crippen LogP contribution in [-0.4, -0.2) is 33.9 Å². The fourth-order valence-corrected chi connectivity index (χ4v) is 7.47. The third-order valence-electron chi connectivity index (χ3n) is 9.00. The smallest absolute Gasteiger partial charge is 0.365 e. The van der Waals surface area contributed by atoms with Gasteiger partial charge in [-0.05, 0) is 67.8 Å². The first-order valence-corrected chi connectivity index (χ1v) is 10.3. The minimum atomic E-state index is -5.57. The lowest BCUT2D eigenvalue weighted by Crippen LogP contribution is -2.62. The molecule has 29 heavy (non-hydrogen) atoms. The number of aliphatic hydroxyl groups is 2. The highest BCUT2D eigenvalue weighted by atomic mass is 19.4. The lowest BCUT2D eigenvalue weighted by molar-refractivity contribution is -0.317. The zero-order chi connectivity index (χ0) is 21.6. The van der Waals surface area contributed by atoms with E-state index in [1.807, 2.05) is 0 Å². The molecule has 0 aromatic heterocycles. The maximum absolute atomic E-state index is 14.3. The van der Waals surface area contributed by atoms with Crippen molar-refractivity contribution >= 4 is 5.78 Å². The van der Waals surface area contributed by atoms with Crippen LogP contribution in [0.1, 0.15) is 58.8 Å². The number of rotatable bonds is 1. The van der Waals surface area contributed by atoms with Crippen LogP contribution in [0.15, 0.2) is 11.6 Å². The molecule has 0 amide bonds. The van der Waals surface area contributed by atoms with Gasteiger partial charge >= 0.3 is 12.1 Å². The summed E-state index contributed by atoms with van der Waals surface area (Å²) in [7, 11) is 0. The predicted molar refractivity (Wildman–Crippen MR) is 93.8 cm³/mol. The van der Waals surface area contributed by atoms with Crippen LogP contribution in [-0.2, 0) is 4.79 Å². The molecule has 4 aliphatic rings. The van der Waals surface area contributed by atoms with E-state index in [1.165, 1.54) is 6.08 Å². The second-order valence-corrected chi connectivity index (χ2v) is 10.0. The lowest BCUT2D eigenvalue weighted by Gasteiger charge is -2.61. The molecule has 0 aromatic carbocycles. The van der Waals surface area contributed by atoms with Gasteiger partial charge in [0.25, 0.3) is 0 Å². The van der Waals surface area contributed by atoms with E-state index in [0.717, 1.165) is 0 Å². The molecule has 4 rings (SSSR count). The van der Waals surface area contributed by atoms with Gasteiger partial charge in [0, 0.05) is 11.3 Å². The van der Waals surface area contributed by atoms with Crippen LogP contribution in [0.5, 0.6) is 0 Å². The minimum Gasteiger partial charge on any atom is -0.365 e. The Labute approximate surface area is 166 Å². The Morgan fingerprint density at radius 3 is 2.28 bits per heavy atom. The van der Waals surface area contributed by atoms with Crippen molar-refractivity contribution in [1.82, 2.24) is 0 Å². The Hall–Kier alpha value is -1.02. The number of fused-ring (bicyclic) bond motifs is 5. The molecule has 0 aromatic rings. The Balaban J connectivity index is 1.70. The number of halogens is 5. The summed E-state index contributed by atoms with van der Waals surface area (Å²) in [5.41, 5.74) is -1.57. The van der Waals surface area contributed by atoms with E-state index < -0.39 is 41.1 Å². The topological polar surface area (TPSA) is 57.5 Å². The van der Waals surface area contributed by atoms with Crippen LogP contribution in [0.25, 0.3) is 0 Å². The molecule has 0 radical (unpaired) electrons. The summed E-state index contributed by atoms with van der Waals surface area (Å²) < 4.78 is 68.0. The van der Waals surface area contributed by atoms with Crippen molar-refractivity contribution in [3.63, 3.8) is 0 Å². The molecular formula is C21H27F5O3. The van der Waals surface area contributed by atoms with E-state index in [4.69, 9.17) is 0 Å². The van der Waals surface area contributed by atoms with Crippen molar-refractivity contribution in [3.05, 3.63) is 11.6 Å². The summed E-state index contributed by atoms with van der Waals surface area (Å²) in [6, 6.07) is 0. The summed E-state index contributed by atoms with van der Waals surface area (Å²) >= 11 is 0. The minimum absolute atomic E-state index is 0.170. The zero-order valence-corrected chi connectivity index (χ0v) is 16.5. The first-order valence-electron chi connectivity index (χ1n) is 10.3. The monoisotopic (exact) mass is 422 g/mol. The predicted octanol–water partition coefficient (Wildman–Crippen LogP) is 4.62. The quantitative estimate of drug-likeness (QED) is 0.479. The van der Waals surface area contributed by atoms with Crippen LogP contribution in [0, 0.1) is 34.5 Å². The maximum Gasteiger partial charge on any atom is 0.453 e. The van der Waals surface area contributed by atoms with Gasteiger partial charge in [-0.15, -0.1) is 0 Å². The SMILES string of the molecule is C[C@]12CC[C@H]3[C@@H](CCC4=CC(=O)CC(O)(O)[C@@]43C)[C@@H]1CC[C@H]2C(F)(F)C(F)(F)F.